The summed E-state index contributed by atoms with van der Waals surface area (Å²) in [6.07, 6.45) is 4.80. The molecule has 104 valence electrons. The zero-order chi connectivity index (χ0) is 14.3. The normalized spacial score (nSPS) is 11.1. The molecule has 0 fully saturated rings. The Morgan fingerprint density at radius 3 is 2.63 bits per heavy atom. The van der Waals surface area contributed by atoms with E-state index in [9.17, 15) is 4.39 Å². The van der Waals surface area contributed by atoms with Crippen LogP contribution in [0, 0.1) is 22.6 Å². The highest BCUT2D eigenvalue weighted by Crippen LogP contribution is 2.25. The van der Waals surface area contributed by atoms with Crippen LogP contribution in [-0.2, 0) is 0 Å². The quantitative estimate of drug-likeness (QED) is 0.722. The van der Waals surface area contributed by atoms with Gasteiger partial charge in [-0.15, -0.1) is 0 Å². The highest BCUT2D eigenvalue weighted by atomic mass is 19.1. The molecular formula is C16H23FN2. The van der Waals surface area contributed by atoms with E-state index in [1.54, 1.807) is 12.1 Å². The molecule has 1 N–H and O–H groups in total. The molecule has 1 aromatic carbocycles. The fourth-order valence-electron chi connectivity index (χ4n) is 2.00. The van der Waals surface area contributed by atoms with Gasteiger partial charge in [-0.2, -0.15) is 5.26 Å². The standard InChI is InChI=1S/C16H23FN2/c1-4-5-6-9-16(2,3)12-19-15-8-7-13(11-18)10-14(15)17/h7-8,10,19H,4-6,9,12H2,1-3H3. The van der Waals surface area contributed by atoms with Crippen LogP contribution >= 0.6 is 0 Å². The molecule has 0 aliphatic heterocycles. The van der Waals surface area contributed by atoms with E-state index in [-0.39, 0.29) is 11.2 Å². The number of unbranched alkanes of at least 4 members (excludes halogenated alkanes) is 2. The van der Waals surface area contributed by atoms with Gasteiger partial charge in [0, 0.05) is 6.54 Å². The summed E-state index contributed by atoms with van der Waals surface area (Å²) in [4.78, 5) is 0. The first-order chi connectivity index (χ1) is 8.98. The SMILES string of the molecule is CCCCCC(C)(C)CNc1ccc(C#N)cc1F. The summed E-state index contributed by atoms with van der Waals surface area (Å²) in [5.74, 6) is -0.358. The number of hydrogen-bond donors (Lipinski definition) is 1. The van der Waals surface area contributed by atoms with Gasteiger partial charge in [0.05, 0.1) is 17.3 Å². The summed E-state index contributed by atoms with van der Waals surface area (Å²) >= 11 is 0. The van der Waals surface area contributed by atoms with E-state index < -0.39 is 0 Å². The third kappa shape index (κ3) is 5.30. The topological polar surface area (TPSA) is 35.8 Å². The summed E-state index contributed by atoms with van der Waals surface area (Å²) in [5, 5.41) is 11.8. The minimum absolute atomic E-state index is 0.148. The van der Waals surface area contributed by atoms with Gasteiger partial charge in [0.15, 0.2) is 0 Å². The molecule has 0 aromatic heterocycles. The lowest BCUT2D eigenvalue weighted by atomic mass is 9.87. The van der Waals surface area contributed by atoms with Gasteiger partial charge in [-0.1, -0.05) is 40.0 Å². The molecule has 0 spiro atoms. The van der Waals surface area contributed by atoms with Crippen molar-refractivity contribution in [3.63, 3.8) is 0 Å². The number of halogens is 1. The van der Waals surface area contributed by atoms with E-state index in [1.807, 2.05) is 6.07 Å². The number of anilines is 1. The van der Waals surface area contributed by atoms with Crippen molar-refractivity contribution in [3.05, 3.63) is 29.6 Å². The predicted octanol–water partition coefficient (Wildman–Crippen LogP) is 4.72. The van der Waals surface area contributed by atoms with Crippen LogP contribution in [-0.4, -0.2) is 6.54 Å². The molecule has 1 rings (SSSR count). The molecule has 1 aromatic rings. The molecule has 3 heteroatoms. The van der Waals surface area contributed by atoms with Gasteiger partial charge in [0.2, 0.25) is 0 Å². The average Bonchev–Trinajstić information content (AvgIpc) is 2.37. The summed E-state index contributed by atoms with van der Waals surface area (Å²) in [6.45, 7) is 7.31. The fraction of sp³-hybridized carbons (Fsp3) is 0.562. The molecular weight excluding hydrogens is 239 g/mol. The predicted molar refractivity (Wildman–Crippen MR) is 77.5 cm³/mol. The molecule has 0 radical (unpaired) electrons. The Kier molecular flexibility index (Phi) is 5.82. The van der Waals surface area contributed by atoms with Crippen LogP contribution < -0.4 is 5.32 Å². The Balaban J connectivity index is 2.54. The Labute approximate surface area is 115 Å². The molecule has 0 heterocycles. The maximum absolute atomic E-state index is 13.7. The number of nitrogens with zero attached hydrogens (tertiary/aromatic N) is 1. The zero-order valence-electron chi connectivity index (χ0n) is 12.1. The van der Waals surface area contributed by atoms with E-state index in [2.05, 4.69) is 26.1 Å². The van der Waals surface area contributed by atoms with Crippen molar-refractivity contribution < 1.29 is 4.39 Å². The van der Waals surface area contributed by atoms with Crippen LogP contribution in [0.1, 0.15) is 52.0 Å². The van der Waals surface area contributed by atoms with E-state index in [1.165, 1.54) is 25.3 Å². The van der Waals surface area contributed by atoms with E-state index in [4.69, 9.17) is 5.26 Å². The second-order valence-electron chi connectivity index (χ2n) is 5.78. The maximum Gasteiger partial charge on any atom is 0.147 e. The second-order valence-corrected chi connectivity index (χ2v) is 5.78. The van der Waals surface area contributed by atoms with Gasteiger partial charge < -0.3 is 5.32 Å². The van der Waals surface area contributed by atoms with Gasteiger partial charge in [0.25, 0.3) is 0 Å². The third-order valence-electron chi connectivity index (χ3n) is 3.31. The molecule has 0 aliphatic carbocycles. The van der Waals surface area contributed by atoms with Crippen molar-refractivity contribution >= 4 is 5.69 Å². The van der Waals surface area contributed by atoms with Gasteiger partial charge in [-0.05, 0) is 30.0 Å². The van der Waals surface area contributed by atoms with Crippen molar-refractivity contribution in [1.82, 2.24) is 0 Å². The highest BCUT2D eigenvalue weighted by molar-refractivity contribution is 5.48. The van der Waals surface area contributed by atoms with Crippen LogP contribution in [0.25, 0.3) is 0 Å². The lowest BCUT2D eigenvalue weighted by molar-refractivity contribution is 0.342. The smallest absolute Gasteiger partial charge is 0.147 e. The first-order valence-electron chi connectivity index (χ1n) is 6.92. The summed E-state index contributed by atoms with van der Waals surface area (Å²) in [5.41, 5.74) is 0.975. The van der Waals surface area contributed by atoms with Crippen molar-refractivity contribution in [2.45, 2.75) is 46.5 Å². The monoisotopic (exact) mass is 262 g/mol. The lowest BCUT2D eigenvalue weighted by Crippen LogP contribution is -2.23. The largest absolute Gasteiger partial charge is 0.382 e. The first kappa shape index (κ1) is 15.5. The second kappa shape index (κ2) is 7.13. The van der Waals surface area contributed by atoms with Crippen molar-refractivity contribution in [2.24, 2.45) is 5.41 Å². The number of hydrogen-bond acceptors (Lipinski definition) is 2. The summed E-state index contributed by atoms with van der Waals surface area (Å²) in [7, 11) is 0. The molecule has 2 nitrogen and oxygen atoms in total. The molecule has 0 aliphatic rings. The Morgan fingerprint density at radius 2 is 2.05 bits per heavy atom. The van der Waals surface area contributed by atoms with Crippen molar-refractivity contribution in [2.75, 3.05) is 11.9 Å². The molecule has 19 heavy (non-hydrogen) atoms. The molecule has 0 bridgehead atoms. The first-order valence-corrected chi connectivity index (χ1v) is 6.92. The van der Waals surface area contributed by atoms with Gasteiger partial charge in [-0.25, -0.2) is 4.39 Å². The van der Waals surface area contributed by atoms with Crippen LogP contribution in [0.2, 0.25) is 0 Å². The van der Waals surface area contributed by atoms with Crippen molar-refractivity contribution in [1.29, 1.82) is 5.26 Å². The van der Waals surface area contributed by atoms with Crippen LogP contribution in [0.4, 0.5) is 10.1 Å². The van der Waals surface area contributed by atoms with E-state index in [0.29, 0.717) is 11.3 Å². The summed E-state index contributed by atoms with van der Waals surface area (Å²) in [6, 6.07) is 6.47. The fourth-order valence-corrected chi connectivity index (χ4v) is 2.00. The van der Waals surface area contributed by atoms with Gasteiger partial charge >= 0.3 is 0 Å². The van der Waals surface area contributed by atoms with Crippen LogP contribution in [0.15, 0.2) is 18.2 Å². The number of benzene rings is 1. The zero-order valence-corrected chi connectivity index (χ0v) is 12.1. The van der Waals surface area contributed by atoms with Crippen LogP contribution in [0.5, 0.6) is 0 Å². The number of nitrogens with one attached hydrogen (secondary N) is 1. The Hall–Kier alpha value is -1.56. The Morgan fingerprint density at radius 1 is 1.32 bits per heavy atom. The molecule has 0 unspecified atom stereocenters. The van der Waals surface area contributed by atoms with Gasteiger partial charge in [0.1, 0.15) is 5.82 Å². The molecule has 0 saturated heterocycles. The maximum atomic E-state index is 13.7. The minimum atomic E-state index is -0.358. The molecule has 0 amide bonds. The van der Waals surface area contributed by atoms with E-state index >= 15 is 0 Å². The summed E-state index contributed by atoms with van der Waals surface area (Å²) < 4.78 is 13.7. The van der Waals surface area contributed by atoms with E-state index in [0.717, 1.165) is 13.0 Å². The molecule has 0 saturated carbocycles. The van der Waals surface area contributed by atoms with Crippen molar-refractivity contribution in [3.8, 4) is 6.07 Å². The highest BCUT2D eigenvalue weighted by Gasteiger charge is 2.17. The van der Waals surface area contributed by atoms with Crippen LogP contribution in [0.3, 0.4) is 0 Å². The third-order valence-corrected chi connectivity index (χ3v) is 3.31. The lowest BCUT2D eigenvalue weighted by Gasteiger charge is -2.25. The average molecular weight is 262 g/mol. The molecule has 0 atom stereocenters. The number of rotatable bonds is 7. The van der Waals surface area contributed by atoms with Gasteiger partial charge in [-0.3, -0.25) is 0 Å². The Bertz CT molecular complexity index is 447. The minimum Gasteiger partial charge on any atom is -0.382 e. The number of nitriles is 1.